The number of rotatable bonds is 8. The minimum Gasteiger partial charge on any atom is -0.149 e. The normalized spacial score (nSPS) is 11.4. The van der Waals surface area contributed by atoms with E-state index in [1.54, 1.807) is 0 Å². The van der Waals surface area contributed by atoms with Gasteiger partial charge in [-0.3, -0.25) is 0 Å². The molecule has 0 spiro atoms. The van der Waals surface area contributed by atoms with Crippen molar-refractivity contribution in [2.45, 2.75) is 39.0 Å². The molecule has 0 aromatic heterocycles. The van der Waals surface area contributed by atoms with Crippen molar-refractivity contribution < 1.29 is 0 Å². The average molecular weight is 329 g/mol. The number of benzene rings is 2. The van der Waals surface area contributed by atoms with Gasteiger partial charge < -0.3 is 0 Å². The van der Waals surface area contributed by atoms with Gasteiger partial charge in [-0.1, -0.05) is 92.0 Å². The molecule has 2 rings (SSSR count). The number of hydrogen-bond acceptors (Lipinski definition) is 0. The molecule has 0 bridgehead atoms. The van der Waals surface area contributed by atoms with Crippen molar-refractivity contribution in [2.24, 2.45) is 0 Å². The van der Waals surface area contributed by atoms with Crippen molar-refractivity contribution in [2.75, 3.05) is 0 Å². The van der Waals surface area contributed by atoms with Gasteiger partial charge in [0.2, 0.25) is 7.38 Å². The summed E-state index contributed by atoms with van der Waals surface area (Å²) in [4.78, 5) is 0. The Kier molecular flexibility index (Phi) is 6.47. The molecule has 0 aliphatic carbocycles. The minimum absolute atomic E-state index is 1.03. The molecule has 0 nitrogen and oxygen atoms in total. The largest absolute Gasteiger partial charge is 0.243 e. The average Bonchev–Trinajstić information content (AvgIpc) is 2.59. The summed E-state index contributed by atoms with van der Waals surface area (Å²) in [7, 11) is -2.39. The number of halogens is 1. The van der Waals surface area contributed by atoms with Crippen molar-refractivity contribution >= 4 is 28.8 Å². The van der Waals surface area contributed by atoms with E-state index in [0.717, 1.165) is 6.42 Å². The van der Waals surface area contributed by atoms with Crippen LogP contribution in [0.15, 0.2) is 72.4 Å². The molecule has 0 N–H and O–H groups in total. The van der Waals surface area contributed by atoms with Gasteiger partial charge in [-0.05, 0) is 23.2 Å². The lowest BCUT2D eigenvalue weighted by atomic mass is 10.1. The lowest BCUT2D eigenvalue weighted by Crippen LogP contribution is -2.55. The van der Waals surface area contributed by atoms with Crippen LogP contribution in [0.1, 0.15) is 39.0 Å². The van der Waals surface area contributed by atoms with Gasteiger partial charge in [0.1, 0.15) is 0 Å². The topological polar surface area (TPSA) is 0 Å². The van der Waals surface area contributed by atoms with Gasteiger partial charge in [0, 0.05) is 0 Å². The predicted octanol–water partition coefficient (Wildman–Crippen LogP) is 5.05. The van der Waals surface area contributed by atoms with Crippen LogP contribution in [0.3, 0.4) is 0 Å². The maximum absolute atomic E-state index is 7.29. The quantitative estimate of drug-likeness (QED) is 0.361. The molecule has 116 valence electrons. The Hall–Kier alpha value is -1.31. The summed E-state index contributed by atoms with van der Waals surface area (Å²) in [5.74, 6) is 0. The van der Waals surface area contributed by atoms with E-state index in [1.165, 1.54) is 41.3 Å². The first-order chi connectivity index (χ1) is 10.7. The first-order valence-corrected chi connectivity index (χ1v) is 11.2. The fourth-order valence-electron chi connectivity index (χ4n) is 2.85. The predicted molar refractivity (Wildman–Crippen MR) is 102 cm³/mol. The van der Waals surface area contributed by atoms with Gasteiger partial charge >= 0.3 is 0 Å². The summed E-state index contributed by atoms with van der Waals surface area (Å²) in [6.07, 6.45) is 6.03. The Morgan fingerprint density at radius 2 is 1.36 bits per heavy atom. The third-order valence-corrected chi connectivity index (χ3v) is 9.76. The molecule has 2 heteroatoms. The van der Waals surface area contributed by atoms with Gasteiger partial charge in [-0.25, -0.2) is 0 Å². The molecule has 0 aliphatic heterocycles. The maximum Gasteiger partial charge on any atom is 0.243 e. The SMILES string of the molecule is C=C(CCCCCC)[Si](Cl)(c1ccccc1)c1ccccc1. The second kappa shape index (κ2) is 8.35. The highest BCUT2D eigenvalue weighted by Crippen LogP contribution is 2.24. The fourth-order valence-corrected chi connectivity index (χ4v) is 6.86. The molecule has 0 atom stereocenters. The van der Waals surface area contributed by atoms with Gasteiger partial charge in [-0.2, -0.15) is 0 Å². The number of unbranched alkanes of at least 4 members (excludes halogenated alkanes) is 3. The molecule has 0 fully saturated rings. The zero-order chi connectivity index (χ0) is 15.8. The van der Waals surface area contributed by atoms with Crippen LogP contribution in [0, 0.1) is 0 Å². The van der Waals surface area contributed by atoms with E-state index < -0.39 is 7.38 Å². The van der Waals surface area contributed by atoms with Crippen molar-refractivity contribution in [3.8, 4) is 0 Å². The Balaban J connectivity index is 2.28. The van der Waals surface area contributed by atoms with E-state index in [4.69, 9.17) is 11.1 Å². The van der Waals surface area contributed by atoms with Crippen molar-refractivity contribution in [1.29, 1.82) is 0 Å². The molecular weight excluding hydrogens is 304 g/mol. The zero-order valence-electron chi connectivity index (χ0n) is 13.4. The Morgan fingerprint density at radius 3 is 1.82 bits per heavy atom. The lowest BCUT2D eigenvalue weighted by molar-refractivity contribution is 0.671. The summed E-state index contributed by atoms with van der Waals surface area (Å²) < 4.78 is 0. The molecule has 0 aliphatic rings. The molecule has 0 radical (unpaired) electrons. The Morgan fingerprint density at radius 1 is 0.864 bits per heavy atom. The van der Waals surface area contributed by atoms with Gasteiger partial charge in [-0.15, -0.1) is 17.7 Å². The van der Waals surface area contributed by atoms with Crippen LogP contribution in [0.25, 0.3) is 0 Å². The van der Waals surface area contributed by atoms with E-state index in [1.807, 2.05) is 12.1 Å². The molecule has 22 heavy (non-hydrogen) atoms. The highest BCUT2D eigenvalue weighted by molar-refractivity contribution is 7.37. The highest BCUT2D eigenvalue weighted by atomic mass is 35.6. The summed E-state index contributed by atoms with van der Waals surface area (Å²) >= 11 is 7.29. The van der Waals surface area contributed by atoms with E-state index in [-0.39, 0.29) is 0 Å². The van der Waals surface area contributed by atoms with Crippen molar-refractivity contribution in [1.82, 2.24) is 0 Å². The molecule has 0 saturated heterocycles. The van der Waals surface area contributed by atoms with Crippen molar-refractivity contribution in [3.05, 3.63) is 72.4 Å². The standard InChI is InChI=1S/C20H25ClSi/c1-3-4-5-8-13-18(2)22(21,19-14-9-6-10-15-19)20-16-11-7-12-17-20/h6-7,9-12,14-17H,2-5,8,13H2,1H3. The third-order valence-electron chi connectivity index (χ3n) is 4.16. The summed E-state index contributed by atoms with van der Waals surface area (Å²) in [5.41, 5.74) is 0. The monoisotopic (exact) mass is 328 g/mol. The van der Waals surface area contributed by atoms with Crippen molar-refractivity contribution in [3.63, 3.8) is 0 Å². The van der Waals surface area contributed by atoms with E-state index in [9.17, 15) is 0 Å². The van der Waals surface area contributed by atoms with Crippen LogP contribution >= 0.6 is 11.1 Å². The van der Waals surface area contributed by atoms with Crippen LogP contribution in [-0.2, 0) is 0 Å². The molecule has 2 aromatic rings. The fraction of sp³-hybridized carbons (Fsp3) is 0.300. The van der Waals surface area contributed by atoms with E-state index in [0.29, 0.717) is 0 Å². The summed E-state index contributed by atoms with van der Waals surface area (Å²) in [6.45, 7) is 6.65. The van der Waals surface area contributed by atoms with Crippen LogP contribution in [-0.4, -0.2) is 7.38 Å². The summed E-state index contributed by atoms with van der Waals surface area (Å²) in [5, 5.41) is 3.70. The van der Waals surface area contributed by atoms with Crippen LogP contribution in [0.2, 0.25) is 0 Å². The van der Waals surface area contributed by atoms with Gasteiger partial charge in [0.05, 0.1) is 0 Å². The van der Waals surface area contributed by atoms with Crippen LogP contribution in [0.4, 0.5) is 0 Å². The highest BCUT2D eigenvalue weighted by Gasteiger charge is 2.37. The molecule has 0 amide bonds. The second-order valence-electron chi connectivity index (χ2n) is 5.80. The zero-order valence-corrected chi connectivity index (χ0v) is 15.2. The third kappa shape index (κ3) is 3.91. The first-order valence-electron chi connectivity index (χ1n) is 8.17. The molecular formula is C20H25ClSi. The van der Waals surface area contributed by atoms with E-state index in [2.05, 4.69) is 62.0 Å². The maximum atomic E-state index is 7.29. The molecule has 0 heterocycles. The summed E-state index contributed by atoms with van der Waals surface area (Å²) in [6, 6.07) is 21.0. The van der Waals surface area contributed by atoms with Crippen LogP contribution < -0.4 is 10.4 Å². The smallest absolute Gasteiger partial charge is 0.149 e. The molecule has 2 aromatic carbocycles. The first kappa shape index (κ1) is 17.0. The van der Waals surface area contributed by atoms with E-state index >= 15 is 0 Å². The molecule has 0 saturated carbocycles. The minimum atomic E-state index is -2.39. The molecule has 0 unspecified atom stereocenters. The Bertz CT molecular complexity index is 538. The Labute approximate surface area is 140 Å². The number of hydrogen-bond donors (Lipinski definition) is 0. The van der Waals surface area contributed by atoms with Gasteiger partial charge in [0.15, 0.2) is 0 Å². The van der Waals surface area contributed by atoms with Crippen LogP contribution in [0.5, 0.6) is 0 Å². The number of allylic oxidation sites excluding steroid dienone is 1. The van der Waals surface area contributed by atoms with Gasteiger partial charge in [0.25, 0.3) is 0 Å². The second-order valence-corrected chi connectivity index (χ2v) is 10.7. The lowest BCUT2D eigenvalue weighted by Gasteiger charge is -2.28.